The van der Waals surface area contributed by atoms with Crippen molar-refractivity contribution in [2.75, 3.05) is 0 Å². The minimum atomic E-state index is -0.915. The first-order chi connectivity index (χ1) is 8.40. The van der Waals surface area contributed by atoms with Crippen molar-refractivity contribution < 1.29 is 15.0 Å². The van der Waals surface area contributed by atoms with Crippen molar-refractivity contribution in [3.8, 4) is 5.75 Å². The van der Waals surface area contributed by atoms with Gasteiger partial charge in [-0.2, -0.15) is 0 Å². The topological polar surface area (TPSA) is 82.8 Å². The largest absolute Gasteiger partial charge is 0.506 e. The second-order valence-corrected chi connectivity index (χ2v) is 6.38. The normalized spacial score (nSPS) is 21.7. The number of aromatic hydroxyl groups is 1. The minimum absolute atomic E-state index is 0.109. The van der Waals surface area contributed by atoms with Gasteiger partial charge in [-0.3, -0.25) is 9.98 Å². The van der Waals surface area contributed by atoms with Crippen LogP contribution in [0.4, 0.5) is 0 Å². The summed E-state index contributed by atoms with van der Waals surface area (Å²) in [7, 11) is 0. The first-order valence-electron chi connectivity index (χ1n) is 5.50. The number of aliphatic carboxylic acids is 1. The van der Waals surface area contributed by atoms with E-state index >= 15 is 0 Å². The van der Waals surface area contributed by atoms with Crippen molar-refractivity contribution in [1.29, 1.82) is 0 Å². The van der Waals surface area contributed by atoms with E-state index in [9.17, 15) is 9.90 Å². The third kappa shape index (κ3) is 2.48. The minimum Gasteiger partial charge on any atom is -0.506 e. The van der Waals surface area contributed by atoms with E-state index in [1.807, 2.05) is 13.8 Å². The molecule has 1 unspecified atom stereocenters. The Bertz CT molecular complexity index is 514. The van der Waals surface area contributed by atoms with Crippen molar-refractivity contribution in [2.45, 2.75) is 31.1 Å². The lowest BCUT2D eigenvalue weighted by atomic mass is 10.0. The number of aliphatic imine (C=N–C) groups is 1. The van der Waals surface area contributed by atoms with Gasteiger partial charge >= 0.3 is 5.97 Å². The van der Waals surface area contributed by atoms with Crippen molar-refractivity contribution in [2.24, 2.45) is 4.99 Å². The molecule has 1 aliphatic heterocycles. The number of carbonyl (C=O) groups is 1. The lowest BCUT2D eigenvalue weighted by Crippen LogP contribution is -2.34. The SMILES string of the molecule is CC1(C)SC(Cc2ccncc2O)=NC1C(=O)O. The Morgan fingerprint density at radius 2 is 2.28 bits per heavy atom. The van der Waals surface area contributed by atoms with Gasteiger partial charge in [0.1, 0.15) is 5.75 Å². The molecule has 96 valence electrons. The summed E-state index contributed by atoms with van der Waals surface area (Å²) >= 11 is 1.45. The van der Waals surface area contributed by atoms with E-state index in [2.05, 4.69) is 9.98 Å². The van der Waals surface area contributed by atoms with Gasteiger partial charge in [-0.1, -0.05) is 0 Å². The van der Waals surface area contributed by atoms with Crippen molar-refractivity contribution in [1.82, 2.24) is 4.98 Å². The van der Waals surface area contributed by atoms with Crippen LogP contribution in [0.1, 0.15) is 19.4 Å². The molecular weight excluding hydrogens is 252 g/mol. The summed E-state index contributed by atoms with van der Waals surface area (Å²) in [6, 6.07) is 0.973. The molecule has 5 nitrogen and oxygen atoms in total. The number of aromatic nitrogens is 1. The van der Waals surface area contributed by atoms with Gasteiger partial charge in [-0.15, -0.1) is 11.8 Å². The van der Waals surface area contributed by atoms with E-state index in [1.165, 1.54) is 18.0 Å². The highest BCUT2D eigenvalue weighted by atomic mass is 32.2. The predicted octanol–water partition coefficient (Wildman–Crippen LogP) is 1.71. The molecule has 6 heteroatoms. The summed E-state index contributed by atoms with van der Waals surface area (Å²) in [5.74, 6) is -0.807. The Morgan fingerprint density at radius 3 is 2.83 bits per heavy atom. The molecular formula is C12H14N2O3S. The van der Waals surface area contributed by atoms with E-state index in [-0.39, 0.29) is 5.75 Å². The average molecular weight is 266 g/mol. The van der Waals surface area contributed by atoms with Crippen LogP contribution in [-0.4, -0.2) is 37.0 Å². The van der Waals surface area contributed by atoms with Crippen molar-refractivity contribution in [3.63, 3.8) is 0 Å². The molecule has 0 fully saturated rings. The monoisotopic (exact) mass is 266 g/mol. The molecule has 2 N–H and O–H groups in total. The third-order valence-corrected chi connectivity index (χ3v) is 4.01. The number of hydrogen-bond donors (Lipinski definition) is 2. The molecule has 0 aromatic carbocycles. The second kappa shape index (κ2) is 4.61. The van der Waals surface area contributed by atoms with Crippen LogP contribution in [0.2, 0.25) is 0 Å². The average Bonchev–Trinajstić information content (AvgIpc) is 2.57. The highest BCUT2D eigenvalue weighted by Gasteiger charge is 2.42. The number of carboxylic acids is 1. The molecule has 0 saturated heterocycles. The fourth-order valence-electron chi connectivity index (χ4n) is 1.85. The van der Waals surface area contributed by atoms with E-state index in [1.54, 1.807) is 12.3 Å². The Labute approximate surface area is 109 Å². The third-order valence-electron chi connectivity index (χ3n) is 2.78. The Hall–Kier alpha value is -1.56. The first kappa shape index (κ1) is 12.9. The van der Waals surface area contributed by atoms with Crippen LogP contribution in [0.15, 0.2) is 23.5 Å². The van der Waals surface area contributed by atoms with Gasteiger partial charge in [0.25, 0.3) is 0 Å². The number of rotatable bonds is 3. The molecule has 2 rings (SSSR count). The van der Waals surface area contributed by atoms with E-state index in [0.717, 1.165) is 5.04 Å². The Kier molecular flexibility index (Phi) is 3.30. The molecule has 1 aromatic rings. The molecule has 1 aliphatic rings. The van der Waals surface area contributed by atoms with Gasteiger partial charge in [0.15, 0.2) is 6.04 Å². The lowest BCUT2D eigenvalue weighted by Gasteiger charge is -2.20. The van der Waals surface area contributed by atoms with Crippen LogP contribution in [0.3, 0.4) is 0 Å². The number of pyridine rings is 1. The van der Waals surface area contributed by atoms with E-state index < -0.39 is 16.8 Å². The van der Waals surface area contributed by atoms with E-state index in [0.29, 0.717) is 12.0 Å². The maximum absolute atomic E-state index is 11.1. The molecule has 1 aromatic heterocycles. The fraction of sp³-hybridized carbons (Fsp3) is 0.417. The zero-order valence-corrected chi connectivity index (χ0v) is 10.9. The van der Waals surface area contributed by atoms with Crippen molar-refractivity contribution >= 4 is 22.8 Å². The molecule has 0 radical (unpaired) electrons. The van der Waals surface area contributed by atoms with Crippen LogP contribution >= 0.6 is 11.8 Å². The van der Waals surface area contributed by atoms with Crippen LogP contribution in [-0.2, 0) is 11.2 Å². The summed E-state index contributed by atoms with van der Waals surface area (Å²) in [5.41, 5.74) is 0.707. The number of nitrogens with zero attached hydrogens (tertiary/aromatic N) is 2. The van der Waals surface area contributed by atoms with Crippen LogP contribution in [0, 0.1) is 0 Å². The van der Waals surface area contributed by atoms with E-state index in [4.69, 9.17) is 5.11 Å². The van der Waals surface area contributed by atoms with Gasteiger partial charge in [0.2, 0.25) is 0 Å². The smallest absolute Gasteiger partial charge is 0.329 e. The zero-order valence-electron chi connectivity index (χ0n) is 10.1. The maximum atomic E-state index is 11.1. The summed E-state index contributed by atoms with van der Waals surface area (Å²) in [5, 5.41) is 19.5. The van der Waals surface area contributed by atoms with Crippen LogP contribution in [0.5, 0.6) is 5.75 Å². The quantitative estimate of drug-likeness (QED) is 0.870. The molecule has 0 aliphatic carbocycles. The molecule has 0 saturated carbocycles. The number of carboxylic acid groups (broad SMARTS) is 1. The lowest BCUT2D eigenvalue weighted by molar-refractivity contribution is -0.138. The highest BCUT2D eigenvalue weighted by molar-refractivity contribution is 8.15. The van der Waals surface area contributed by atoms with Gasteiger partial charge < -0.3 is 10.2 Å². The van der Waals surface area contributed by atoms with Crippen molar-refractivity contribution in [3.05, 3.63) is 24.0 Å². The fourth-order valence-corrected chi connectivity index (χ4v) is 3.11. The van der Waals surface area contributed by atoms with Crippen LogP contribution in [0.25, 0.3) is 0 Å². The second-order valence-electron chi connectivity index (χ2n) is 4.65. The molecule has 2 heterocycles. The van der Waals surface area contributed by atoms with Gasteiger partial charge in [-0.05, 0) is 19.9 Å². The molecule has 0 amide bonds. The molecule has 1 atom stereocenters. The maximum Gasteiger partial charge on any atom is 0.329 e. The molecule has 18 heavy (non-hydrogen) atoms. The first-order valence-corrected chi connectivity index (χ1v) is 6.32. The number of thioether (sulfide) groups is 1. The summed E-state index contributed by atoms with van der Waals surface area (Å²) in [4.78, 5) is 19.1. The summed E-state index contributed by atoms with van der Waals surface area (Å²) in [6.45, 7) is 3.72. The molecule has 0 bridgehead atoms. The highest BCUT2D eigenvalue weighted by Crippen LogP contribution is 2.39. The van der Waals surface area contributed by atoms with Gasteiger partial charge in [-0.25, -0.2) is 4.79 Å². The Balaban J connectivity index is 2.20. The standard InChI is InChI=1S/C12H14N2O3S/c1-12(2)10(11(16)17)14-9(18-12)5-7-3-4-13-6-8(7)15/h3-4,6,10,15H,5H2,1-2H3,(H,16,17). The Morgan fingerprint density at radius 1 is 1.56 bits per heavy atom. The zero-order chi connectivity index (χ0) is 13.3. The van der Waals surface area contributed by atoms with Crippen LogP contribution < -0.4 is 0 Å². The van der Waals surface area contributed by atoms with Gasteiger partial charge in [0, 0.05) is 22.9 Å². The van der Waals surface area contributed by atoms with Gasteiger partial charge in [0.05, 0.1) is 11.2 Å². The number of hydrogen-bond acceptors (Lipinski definition) is 5. The summed E-state index contributed by atoms with van der Waals surface area (Å²) < 4.78 is -0.455. The predicted molar refractivity (Wildman–Crippen MR) is 70.1 cm³/mol. The molecule has 0 spiro atoms. The summed E-state index contributed by atoms with van der Waals surface area (Å²) in [6.07, 6.45) is 3.40.